The molecular weight excluding hydrogens is 945 g/mol. The van der Waals surface area contributed by atoms with Crippen LogP contribution in [0.4, 0.5) is 0 Å². The van der Waals surface area contributed by atoms with E-state index in [0.717, 1.165) is 36.8 Å². The Labute approximate surface area is 429 Å². The maximum absolute atomic E-state index is 12.4. The summed E-state index contributed by atoms with van der Waals surface area (Å²) in [6.07, 6.45) is 5.02. The van der Waals surface area contributed by atoms with Gasteiger partial charge in [0.15, 0.2) is 5.76 Å². The number of rotatable bonds is 12. The van der Waals surface area contributed by atoms with Crippen LogP contribution in [0.3, 0.4) is 0 Å². The number of thioether (sulfide) groups is 1. The minimum absolute atomic E-state index is 0.0152. The summed E-state index contributed by atoms with van der Waals surface area (Å²) in [5, 5.41) is 15.5. The molecule has 2 heterocycles. The van der Waals surface area contributed by atoms with Gasteiger partial charge in [-0.15, -0.1) is 34.4 Å². The van der Waals surface area contributed by atoms with Crippen LogP contribution in [-0.2, 0) is 40.0 Å². The van der Waals surface area contributed by atoms with Gasteiger partial charge in [-0.1, -0.05) is 152 Å². The number of methoxy groups -OCH3 is 1. The Morgan fingerprint density at radius 3 is 1.26 bits per heavy atom. The zero-order chi connectivity index (χ0) is 49.3. The molecule has 0 N–H and O–H groups in total. The SMILES string of the molecule is C=C(OC)C(=O)Oc1ccccc1CCc1cc2ccccc2c2c1sc1ccc3ccccc3c12.C=C(SC)C(=O)Oc1ccccc1CCc1cc2ccccc2c2c1sc1ccc3ccccc3c12. The highest BCUT2D eigenvalue weighted by Gasteiger charge is 2.20. The van der Waals surface area contributed by atoms with Crippen molar-refractivity contribution in [1.29, 1.82) is 0 Å². The molecule has 0 aliphatic heterocycles. The van der Waals surface area contributed by atoms with Gasteiger partial charge in [0.2, 0.25) is 0 Å². The predicted molar refractivity (Wildman–Crippen MR) is 306 cm³/mol. The summed E-state index contributed by atoms with van der Waals surface area (Å²) in [5.41, 5.74) is 4.62. The standard InChI is InChI=1S/C32H24O3S.C32H24O2S2/c1-20(34-2)32(33)35-27-14-8-5-10-22(27)15-16-24-19-23-11-4-7-13-26(23)30-29-25-12-6-3-9-21(25)17-18-28(29)36-31(24)30;1-20(35-2)32(33)34-27-14-8-5-10-22(27)15-16-24-19-23-11-4-7-13-26(23)30-29-25-12-6-3-9-21(25)17-18-28(29)36-31(24)30/h2*3-14,17-19H,1,15-16H2,2H3. The number of carbonyl (C=O) groups is 2. The first-order chi connectivity index (χ1) is 35.3. The van der Waals surface area contributed by atoms with Gasteiger partial charge in [0, 0.05) is 40.3 Å². The lowest BCUT2D eigenvalue weighted by Crippen LogP contribution is -2.12. The average Bonchev–Trinajstić information content (AvgIpc) is 4.03. The quantitative estimate of drug-likeness (QED) is 0.0526. The molecule has 8 heteroatoms. The van der Waals surface area contributed by atoms with E-state index in [1.54, 1.807) is 0 Å². The molecule has 10 aromatic carbocycles. The number of fused-ring (bicyclic) bond motifs is 14. The molecular formula is C64H48O5S3. The van der Waals surface area contributed by atoms with Gasteiger partial charge in [0.1, 0.15) is 11.5 Å². The molecule has 0 aliphatic rings. The second kappa shape index (κ2) is 20.2. The first-order valence-corrected chi connectivity index (χ1v) is 26.7. The topological polar surface area (TPSA) is 61.8 Å². The number of esters is 2. The Hall–Kier alpha value is -7.75. The molecule has 0 atom stereocenters. The van der Waals surface area contributed by atoms with Crippen LogP contribution in [0.15, 0.2) is 206 Å². The van der Waals surface area contributed by atoms with Gasteiger partial charge >= 0.3 is 11.9 Å². The highest BCUT2D eigenvalue weighted by molar-refractivity contribution is 8.03. The van der Waals surface area contributed by atoms with Crippen molar-refractivity contribution < 1.29 is 23.8 Å². The Bertz CT molecular complexity index is 3860. The second-order valence-electron chi connectivity index (χ2n) is 17.7. The molecule has 12 aromatic rings. The highest BCUT2D eigenvalue weighted by Crippen LogP contribution is 2.46. The van der Waals surface area contributed by atoms with Crippen LogP contribution in [0.1, 0.15) is 22.3 Å². The van der Waals surface area contributed by atoms with Crippen LogP contribution in [0, 0.1) is 0 Å². The van der Waals surface area contributed by atoms with Crippen molar-refractivity contribution >= 4 is 130 Å². The fourth-order valence-corrected chi connectivity index (χ4v) is 12.7. The average molecular weight is 993 g/mol. The van der Waals surface area contributed by atoms with Crippen LogP contribution in [-0.4, -0.2) is 25.3 Å². The van der Waals surface area contributed by atoms with Crippen LogP contribution in [0.25, 0.3) is 83.4 Å². The zero-order valence-electron chi connectivity index (χ0n) is 39.8. The Balaban J connectivity index is 0.000000156. The van der Waals surface area contributed by atoms with E-state index in [1.165, 1.54) is 113 Å². The van der Waals surface area contributed by atoms with Crippen molar-refractivity contribution in [3.05, 3.63) is 228 Å². The molecule has 0 amide bonds. The van der Waals surface area contributed by atoms with E-state index in [2.05, 4.69) is 147 Å². The second-order valence-corrected chi connectivity index (χ2v) is 20.7. The Morgan fingerprint density at radius 1 is 0.444 bits per heavy atom. The van der Waals surface area contributed by atoms with Gasteiger partial charge in [0.25, 0.3) is 0 Å². The molecule has 2 aromatic heterocycles. The predicted octanol–water partition coefficient (Wildman–Crippen LogP) is 17.1. The van der Waals surface area contributed by atoms with Crippen molar-refractivity contribution in [2.24, 2.45) is 0 Å². The maximum Gasteiger partial charge on any atom is 0.378 e. The van der Waals surface area contributed by atoms with Crippen LogP contribution in [0.5, 0.6) is 11.5 Å². The molecule has 72 heavy (non-hydrogen) atoms. The molecule has 0 fully saturated rings. The third kappa shape index (κ3) is 8.87. The third-order valence-electron chi connectivity index (χ3n) is 13.5. The van der Waals surface area contributed by atoms with Crippen molar-refractivity contribution in [3.8, 4) is 11.5 Å². The van der Waals surface area contributed by atoms with E-state index in [4.69, 9.17) is 14.2 Å². The lowest BCUT2D eigenvalue weighted by Gasteiger charge is -2.12. The Kier molecular flexibility index (Phi) is 13.1. The van der Waals surface area contributed by atoms with Crippen LogP contribution in [0.2, 0.25) is 0 Å². The summed E-state index contributed by atoms with van der Waals surface area (Å²) < 4.78 is 21.5. The number of para-hydroxylation sites is 2. The van der Waals surface area contributed by atoms with Gasteiger partial charge in [-0.25, -0.2) is 9.59 Å². The fraction of sp³-hybridized carbons (Fsp3) is 0.0938. The van der Waals surface area contributed by atoms with Gasteiger partial charge in [0.05, 0.1) is 12.0 Å². The molecule has 0 aliphatic carbocycles. The summed E-state index contributed by atoms with van der Waals surface area (Å²) >= 11 is 5.04. The number of aryl methyl sites for hydroxylation is 4. The highest BCUT2D eigenvalue weighted by atomic mass is 32.2. The van der Waals surface area contributed by atoms with E-state index in [9.17, 15) is 9.59 Å². The molecule has 5 nitrogen and oxygen atoms in total. The van der Waals surface area contributed by atoms with Crippen LogP contribution >= 0.6 is 34.4 Å². The van der Waals surface area contributed by atoms with Gasteiger partial charge < -0.3 is 14.2 Å². The molecule has 0 spiro atoms. The molecule has 12 rings (SSSR count). The van der Waals surface area contributed by atoms with Crippen molar-refractivity contribution in [3.63, 3.8) is 0 Å². The maximum atomic E-state index is 12.4. The monoisotopic (exact) mass is 992 g/mol. The molecule has 352 valence electrons. The number of hydrogen-bond donors (Lipinski definition) is 0. The summed E-state index contributed by atoms with van der Waals surface area (Å²) in [6, 6.07) is 63.7. The van der Waals surface area contributed by atoms with E-state index < -0.39 is 5.97 Å². The lowest BCUT2D eigenvalue weighted by molar-refractivity contribution is -0.133. The van der Waals surface area contributed by atoms with E-state index >= 15 is 0 Å². The first-order valence-electron chi connectivity index (χ1n) is 23.8. The summed E-state index contributed by atoms with van der Waals surface area (Å²) in [6.45, 7) is 7.39. The van der Waals surface area contributed by atoms with Crippen molar-refractivity contribution in [2.75, 3.05) is 13.4 Å². The largest absolute Gasteiger partial charge is 0.490 e. The lowest BCUT2D eigenvalue weighted by atomic mass is 9.95. The minimum Gasteiger partial charge on any atom is -0.490 e. The number of benzene rings is 10. The van der Waals surface area contributed by atoms with E-state index in [-0.39, 0.29) is 11.7 Å². The number of carbonyl (C=O) groups excluding carboxylic acids is 2. The van der Waals surface area contributed by atoms with E-state index in [1.807, 2.05) is 77.5 Å². The third-order valence-corrected chi connectivity index (χ3v) is 16.6. The summed E-state index contributed by atoms with van der Waals surface area (Å²) in [5.74, 6) is 0.171. The first kappa shape index (κ1) is 46.6. The normalized spacial score (nSPS) is 11.4. The summed E-state index contributed by atoms with van der Waals surface area (Å²) in [7, 11) is 1.41. The summed E-state index contributed by atoms with van der Waals surface area (Å²) in [4.78, 5) is 25.0. The molecule has 0 bridgehead atoms. The number of hydrogen-bond acceptors (Lipinski definition) is 8. The zero-order valence-corrected chi connectivity index (χ0v) is 42.3. The van der Waals surface area contributed by atoms with Crippen LogP contribution < -0.4 is 9.47 Å². The fourth-order valence-electron chi connectivity index (χ4n) is 9.92. The van der Waals surface area contributed by atoms with Crippen molar-refractivity contribution in [1.82, 2.24) is 0 Å². The molecule has 0 unspecified atom stereocenters. The minimum atomic E-state index is -0.575. The van der Waals surface area contributed by atoms with E-state index in [0.29, 0.717) is 16.4 Å². The van der Waals surface area contributed by atoms with Gasteiger partial charge in [-0.3, -0.25) is 0 Å². The molecule has 0 saturated carbocycles. The van der Waals surface area contributed by atoms with Gasteiger partial charge in [-0.2, -0.15) is 0 Å². The number of thiophene rings is 2. The van der Waals surface area contributed by atoms with Crippen molar-refractivity contribution in [2.45, 2.75) is 25.7 Å². The smallest absolute Gasteiger partial charge is 0.378 e. The number of ether oxygens (including phenoxy) is 3. The van der Waals surface area contributed by atoms with Gasteiger partial charge in [-0.05, 0) is 140 Å². The molecule has 0 radical (unpaired) electrons. The Morgan fingerprint density at radius 2 is 0.819 bits per heavy atom. The molecule has 0 saturated heterocycles.